The van der Waals surface area contributed by atoms with E-state index < -0.39 is 0 Å². The van der Waals surface area contributed by atoms with Gasteiger partial charge in [-0.2, -0.15) is 0 Å². The summed E-state index contributed by atoms with van der Waals surface area (Å²) in [5.74, 6) is 0. The van der Waals surface area contributed by atoms with Crippen molar-refractivity contribution in [2.45, 2.75) is 6.42 Å². The fourth-order valence-electron chi connectivity index (χ4n) is 2.25. The molecule has 2 aromatic carbocycles. The molecule has 2 aromatic rings. The lowest BCUT2D eigenvalue weighted by Gasteiger charge is -2.14. The SMILES string of the molecule is C(=Cc1ccccc1)C1=NCCc2ccccc21. The van der Waals surface area contributed by atoms with Gasteiger partial charge >= 0.3 is 0 Å². The van der Waals surface area contributed by atoms with Crippen LogP contribution in [-0.4, -0.2) is 12.3 Å². The van der Waals surface area contributed by atoms with Gasteiger partial charge in [-0.25, -0.2) is 0 Å². The predicted molar refractivity (Wildman–Crippen MR) is 77.0 cm³/mol. The average Bonchev–Trinajstić information content (AvgIpc) is 2.46. The van der Waals surface area contributed by atoms with Gasteiger partial charge in [0.15, 0.2) is 0 Å². The molecule has 0 saturated heterocycles. The minimum atomic E-state index is 0.894. The van der Waals surface area contributed by atoms with Crippen molar-refractivity contribution in [3.63, 3.8) is 0 Å². The molecule has 1 nitrogen and oxygen atoms in total. The molecule has 0 unspecified atom stereocenters. The smallest absolute Gasteiger partial charge is 0.0649 e. The molecule has 0 spiro atoms. The van der Waals surface area contributed by atoms with E-state index in [1.54, 1.807) is 0 Å². The van der Waals surface area contributed by atoms with E-state index in [1.807, 2.05) is 6.07 Å². The molecule has 1 aliphatic rings. The van der Waals surface area contributed by atoms with Crippen LogP contribution in [0.15, 0.2) is 65.7 Å². The van der Waals surface area contributed by atoms with Crippen molar-refractivity contribution in [3.8, 4) is 0 Å². The molecule has 18 heavy (non-hydrogen) atoms. The van der Waals surface area contributed by atoms with E-state index in [-0.39, 0.29) is 0 Å². The molecule has 0 aromatic heterocycles. The van der Waals surface area contributed by atoms with E-state index in [0.29, 0.717) is 0 Å². The van der Waals surface area contributed by atoms with Crippen LogP contribution in [0, 0.1) is 0 Å². The third-order valence-corrected chi connectivity index (χ3v) is 3.19. The van der Waals surface area contributed by atoms with Crippen molar-refractivity contribution in [1.82, 2.24) is 0 Å². The normalized spacial score (nSPS) is 14.3. The Morgan fingerprint density at radius 1 is 0.833 bits per heavy atom. The van der Waals surface area contributed by atoms with E-state index in [0.717, 1.165) is 18.7 Å². The number of aliphatic imine (C=N–C) groups is 1. The van der Waals surface area contributed by atoms with E-state index >= 15 is 0 Å². The number of fused-ring (bicyclic) bond motifs is 1. The summed E-state index contributed by atoms with van der Waals surface area (Å²) in [6.07, 6.45) is 5.30. The highest BCUT2D eigenvalue weighted by Gasteiger charge is 2.10. The third kappa shape index (κ3) is 2.25. The Hall–Kier alpha value is -2.15. The van der Waals surface area contributed by atoms with Crippen molar-refractivity contribution in [3.05, 3.63) is 77.4 Å². The molecule has 0 aliphatic carbocycles. The highest BCUT2D eigenvalue weighted by molar-refractivity contribution is 6.12. The van der Waals surface area contributed by atoms with Crippen molar-refractivity contribution in [1.29, 1.82) is 0 Å². The summed E-state index contributed by atoms with van der Waals surface area (Å²) in [4.78, 5) is 4.62. The van der Waals surface area contributed by atoms with Gasteiger partial charge in [0.25, 0.3) is 0 Å². The third-order valence-electron chi connectivity index (χ3n) is 3.19. The topological polar surface area (TPSA) is 12.4 Å². The summed E-state index contributed by atoms with van der Waals surface area (Å²) >= 11 is 0. The zero-order valence-electron chi connectivity index (χ0n) is 10.2. The fraction of sp³-hybridized carbons (Fsp3) is 0.118. The summed E-state index contributed by atoms with van der Waals surface area (Å²) in [5.41, 5.74) is 4.99. The number of benzene rings is 2. The largest absolute Gasteiger partial charge is 0.284 e. The molecule has 1 aliphatic heterocycles. The molecule has 88 valence electrons. The zero-order chi connectivity index (χ0) is 12.2. The minimum Gasteiger partial charge on any atom is -0.284 e. The maximum absolute atomic E-state index is 4.62. The number of allylic oxidation sites excluding steroid dienone is 1. The molecule has 1 heterocycles. The lowest BCUT2D eigenvalue weighted by Crippen LogP contribution is -2.10. The Morgan fingerprint density at radius 2 is 1.61 bits per heavy atom. The standard InChI is InChI=1S/C17H15N/c1-2-6-14(7-3-1)10-11-17-16-9-5-4-8-15(16)12-13-18-17/h1-11H,12-13H2. The van der Waals surface area contributed by atoms with Crippen molar-refractivity contribution in [2.24, 2.45) is 4.99 Å². The lowest BCUT2D eigenvalue weighted by molar-refractivity contribution is 0.946. The number of hydrogen-bond donors (Lipinski definition) is 0. The molecule has 0 atom stereocenters. The number of hydrogen-bond acceptors (Lipinski definition) is 1. The van der Waals surface area contributed by atoms with Gasteiger partial charge in [-0.05, 0) is 23.6 Å². The Labute approximate surface area is 108 Å². The van der Waals surface area contributed by atoms with Gasteiger partial charge in [0.2, 0.25) is 0 Å². The Kier molecular flexibility index (Phi) is 3.05. The summed E-state index contributed by atoms with van der Waals surface area (Å²) in [7, 11) is 0. The first kappa shape index (κ1) is 11.0. The summed E-state index contributed by atoms with van der Waals surface area (Å²) < 4.78 is 0. The van der Waals surface area contributed by atoms with Crippen LogP contribution in [0.25, 0.3) is 6.08 Å². The van der Waals surface area contributed by atoms with Gasteiger partial charge in [-0.15, -0.1) is 0 Å². The Morgan fingerprint density at radius 3 is 2.50 bits per heavy atom. The van der Waals surface area contributed by atoms with Crippen LogP contribution in [0.4, 0.5) is 0 Å². The van der Waals surface area contributed by atoms with Crippen LogP contribution >= 0.6 is 0 Å². The summed E-state index contributed by atoms with van der Waals surface area (Å²) in [6, 6.07) is 18.9. The summed E-state index contributed by atoms with van der Waals surface area (Å²) in [5, 5.41) is 0. The van der Waals surface area contributed by atoms with Crippen LogP contribution < -0.4 is 0 Å². The molecular weight excluding hydrogens is 218 g/mol. The molecule has 0 amide bonds. The number of rotatable bonds is 2. The summed E-state index contributed by atoms with van der Waals surface area (Å²) in [6.45, 7) is 0.894. The van der Waals surface area contributed by atoms with Gasteiger partial charge in [0.05, 0.1) is 5.71 Å². The van der Waals surface area contributed by atoms with E-state index in [1.165, 1.54) is 16.7 Å². The van der Waals surface area contributed by atoms with E-state index in [9.17, 15) is 0 Å². The van der Waals surface area contributed by atoms with Gasteiger partial charge < -0.3 is 0 Å². The fourth-order valence-corrected chi connectivity index (χ4v) is 2.25. The lowest BCUT2D eigenvalue weighted by atomic mass is 9.97. The molecular formula is C17H15N. The first-order chi connectivity index (χ1) is 8.93. The van der Waals surface area contributed by atoms with E-state index in [2.05, 4.69) is 65.7 Å². The molecule has 1 heteroatoms. The second-order valence-corrected chi connectivity index (χ2v) is 4.42. The quantitative estimate of drug-likeness (QED) is 0.749. The van der Waals surface area contributed by atoms with Crippen LogP contribution in [-0.2, 0) is 6.42 Å². The average molecular weight is 233 g/mol. The maximum atomic E-state index is 4.62. The van der Waals surface area contributed by atoms with E-state index in [4.69, 9.17) is 0 Å². The zero-order valence-corrected chi connectivity index (χ0v) is 10.2. The number of nitrogens with zero attached hydrogens (tertiary/aromatic N) is 1. The van der Waals surface area contributed by atoms with Crippen molar-refractivity contribution >= 4 is 11.8 Å². The Bertz CT molecular complexity index is 594. The molecule has 0 N–H and O–H groups in total. The second-order valence-electron chi connectivity index (χ2n) is 4.42. The molecule has 3 rings (SSSR count). The van der Waals surface area contributed by atoms with Gasteiger partial charge in [-0.1, -0.05) is 60.7 Å². The van der Waals surface area contributed by atoms with Crippen LogP contribution in [0.2, 0.25) is 0 Å². The molecule has 0 fully saturated rings. The molecule has 0 radical (unpaired) electrons. The molecule has 0 saturated carbocycles. The van der Waals surface area contributed by atoms with Crippen molar-refractivity contribution < 1.29 is 0 Å². The van der Waals surface area contributed by atoms with Crippen molar-refractivity contribution in [2.75, 3.05) is 6.54 Å². The van der Waals surface area contributed by atoms with Crippen LogP contribution in [0.5, 0.6) is 0 Å². The predicted octanol–water partition coefficient (Wildman–Crippen LogP) is 3.75. The highest BCUT2D eigenvalue weighted by atomic mass is 14.7. The van der Waals surface area contributed by atoms with Gasteiger partial charge in [-0.3, -0.25) is 4.99 Å². The second kappa shape index (κ2) is 5.01. The molecule has 0 bridgehead atoms. The highest BCUT2D eigenvalue weighted by Crippen LogP contribution is 2.17. The Balaban J connectivity index is 1.90. The van der Waals surface area contributed by atoms with Gasteiger partial charge in [0.1, 0.15) is 0 Å². The maximum Gasteiger partial charge on any atom is 0.0649 e. The first-order valence-corrected chi connectivity index (χ1v) is 6.29. The van der Waals surface area contributed by atoms with Gasteiger partial charge in [0, 0.05) is 12.1 Å². The van der Waals surface area contributed by atoms with Crippen LogP contribution in [0.1, 0.15) is 16.7 Å². The minimum absolute atomic E-state index is 0.894. The first-order valence-electron chi connectivity index (χ1n) is 6.29. The van der Waals surface area contributed by atoms with Crippen LogP contribution in [0.3, 0.4) is 0 Å². The monoisotopic (exact) mass is 233 g/mol.